The molecule has 0 aliphatic carbocycles. The van der Waals surface area contributed by atoms with E-state index < -0.39 is 5.41 Å². The lowest BCUT2D eigenvalue weighted by atomic mass is 9.72. The van der Waals surface area contributed by atoms with Crippen LogP contribution in [0.4, 0.5) is 11.5 Å². The number of halogens is 1. The molecule has 2 amide bonds. The highest BCUT2D eigenvalue weighted by Crippen LogP contribution is 2.51. The molecule has 140 valence electrons. The van der Waals surface area contributed by atoms with Crippen LogP contribution < -0.4 is 10.6 Å². The minimum atomic E-state index is -1.13. The summed E-state index contributed by atoms with van der Waals surface area (Å²) in [5, 5.41) is 10.8. The van der Waals surface area contributed by atoms with Crippen molar-refractivity contribution in [2.75, 3.05) is 10.6 Å². The number of nitrogens with zero attached hydrogens (tertiary/aromatic N) is 2. The van der Waals surface area contributed by atoms with Gasteiger partial charge in [0.15, 0.2) is 0 Å². The monoisotopic (exact) mass is 392 g/mol. The topological polar surface area (TPSA) is 76.0 Å². The molecule has 0 saturated heterocycles. The largest absolute Gasteiger partial charge is 0.323 e. The summed E-state index contributed by atoms with van der Waals surface area (Å²) in [7, 11) is 0. The molecule has 3 heterocycles. The number of fused-ring (bicyclic) bond motifs is 4. The molecular weight excluding hydrogens is 376 g/mol. The van der Waals surface area contributed by atoms with Gasteiger partial charge in [0.1, 0.15) is 11.2 Å². The molecule has 1 atom stereocenters. The average Bonchev–Trinajstić information content (AvgIpc) is 3.19. The van der Waals surface area contributed by atoms with Gasteiger partial charge < -0.3 is 10.6 Å². The second-order valence-electron chi connectivity index (χ2n) is 7.36. The van der Waals surface area contributed by atoms with E-state index in [9.17, 15) is 9.59 Å². The van der Waals surface area contributed by atoms with E-state index in [1.165, 1.54) is 0 Å². The van der Waals surface area contributed by atoms with E-state index in [1.807, 2.05) is 38.1 Å². The summed E-state index contributed by atoms with van der Waals surface area (Å²) < 4.78 is 1.70. The fourth-order valence-corrected chi connectivity index (χ4v) is 4.44. The molecule has 2 aromatic carbocycles. The fraction of sp³-hybridized carbons (Fsp3) is 0.190. The number of aryl methyl sites for hydroxylation is 2. The number of rotatable bonds is 1. The lowest BCUT2D eigenvalue weighted by Gasteiger charge is -2.31. The Kier molecular flexibility index (Phi) is 3.46. The van der Waals surface area contributed by atoms with E-state index in [2.05, 4.69) is 15.7 Å². The Hall–Kier alpha value is -3.12. The van der Waals surface area contributed by atoms with E-state index in [-0.39, 0.29) is 18.2 Å². The number of anilines is 2. The standard InChI is InChI=1S/C21H17ClN4O2/c1-11-6-7-12(2)16(8-11)26-19-14(10-23-26)21(9-17(27)24-19)13-4-3-5-15(22)18(13)25-20(21)28/h3-8,10H,9H2,1-2H3,(H,24,27)(H,25,28)/t21-/m0/s1. The molecule has 0 fully saturated rings. The number of hydrogen-bond acceptors (Lipinski definition) is 3. The first-order chi connectivity index (χ1) is 13.4. The first-order valence-corrected chi connectivity index (χ1v) is 9.36. The number of nitrogens with one attached hydrogen (secondary N) is 2. The zero-order valence-electron chi connectivity index (χ0n) is 15.3. The minimum Gasteiger partial charge on any atom is -0.323 e. The van der Waals surface area contributed by atoms with Gasteiger partial charge in [-0.1, -0.05) is 35.9 Å². The molecule has 5 rings (SSSR count). The zero-order chi connectivity index (χ0) is 19.6. The maximum atomic E-state index is 13.1. The van der Waals surface area contributed by atoms with Crippen LogP contribution in [0.5, 0.6) is 0 Å². The van der Waals surface area contributed by atoms with Crippen molar-refractivity contribution in [3.05, 3.63) is 69.9 Å². The minimum absolute atomic E-state index is 0.0116. The summed E-state index contributed by atoms with van der Waals surface area (Å²) in [5.41, 5.74) is 3.78. The third-order valence-electron chi connectivity index (χ3n) is 5.60. The van der Waals surface area contributed by atoms with Crippen LogP contribution in [0.25, 0.3) is 5.69 Å². The van der Waals surface area contributed by atoms with Crippen molar-refractivity contribution in [2.24, 2.45) is 0 Å². The van der Waals surface area contributed by atoms with E-state index >= 15 is 0 Å². The smallest absolute Gasteiger partial charge is 0.240 e. The predicted molar refractivity (Wildman–Crippen MR) is 107 cm³/mol. The number of amides is 2. The highest BCUT2D eigenvalue weighted by atomic mass is 35.5. The van der Waals surface area contributed by atoms with Gasteiger partial charge in [-0.2, -0.15) is 5.10 Å². The number of carbonyl (C=O) groups excluding carboxylic acids is 2. The van der Waals surface area contributed by atoms with Crippen molar-refractivity contribution in [3.8, 4) is 5.69 Å². The van der Waals surface area contributed by atoms with Crippen LogP contribution in [-0.2, 0) is 15.0 Å². The molecule has 1 spiro atoms. The number of hydrogen-bond donors (Lipinski definition) is 2. The highest BCUT2D eigenvalue weighted by Gasteiger charge is 2.54. The Morgan fingerprint density at radius 2 is 1.93 bits per heavy atom. The van der Waals surface area contributed by atoms with E-state index in [0.717, 1.165) is 16.8 Å². The Labute approximate surface area is 166 Å². The van der Waals surface area contributed by atoms with Crippen molar-refractivity contribution < 1.29 is 9.59 Å². The number of para-hydroxylation sites is 1. The van der Waals surface area contributed by atoms with Crippen molar-refractivity contribution in [3.63, 3.8) is 0 Å². The molecule has 2 aliphatic heterocycles. The maximum absolute atomic E-state index is 13.1. The first kappa shape index (κ1) is 17.0. The summed E-state index contributed by atoms with van der Waals surface area (Å²) in [6.07, 6.45) is 1.68. The van der Waals surface area contributed by atoms with Gasteiger partial charge in [0.05, 0.1) is 22.6 Å². The highest BCUT2D eigenvalue weighted by molar-refractivity contribution is 6.35. The molecule has 1 aromatic heterocycles. The molecular formula is C21H17ClN4O2. The zero-order valence-corrected chi connectivity index (χ0v) is 16.1. The van der Waals surface area contributed by atoms with Gasteiger partial charge in [-0.25, -0.2) is 4.68 Å². The normalized spacial score (nSPS) is 20.0. The maximum Gasteiger partial charge on any atom is 0.240 e. The summed E-state index contributed by atoms with van der Waals surface area (Å²) >= 11 is 6.30. The number of benzene rings is 2. The SMILES string of the molecule is Cc1ccc(C)c(-n2ncc3c2NC(=O)C[C@@]32C(=O)Nc3c(Cl)cccc32)c1. The Morgan fingerprint density at radius 3 is 2.75 bits per heavy atom. The third kappa shape index (κ3) is 2.12. The lowest BCUT2D eigenvalue weighted by Crippen LogP contribution is -2.43. The van der Waals surface area contributed by atoms with Crippen molar-refractivity contribution in [2.45, 2.75) is 25.7 Å². The van der Waals surface area contributed by atoms with Gasteiger partial charge in [0, 0.05) is 12.0 Å². The summed E-state index contributed by atoms with van der Waals surface area (Å²) in [4.78, 5) is 25.8. The van der Waals surface area contributed by atoms with Gasteiger partial charge in [-0.15, -0.1) is 0 Å². The first-order valence-electron chi connectivity index (χ1n) is 8.98. The molecule has 0 saturated carbocycles. The molecule has 28 heavy (non-hydrogen) atoms. The lowest BCUT2D eigenvalue weighted by molar-refractivity contribution is -0.125. The van der Waals surface area contributed by atoms with E-state index in [1.54, 1.807) is 23.0 Å². The van der Waals surface area contributed by atoms with Gasteiger partial charge >= 0.3 is 0 Å². The van der Waals surface area contributed by atoms with Crippen LogP contribution in [0.3, 0.4) is 0 Å². The van der Waals surface area contributed by atoms with Crippen LogP contribution in [0.1, 0.15) is 28.7 Å². The number of aromatic nitrogens is 2. The van der Waals surface area contributed by atoms with Crippen molar-refractivity contribution in [1.82, 2.24) is 9.78 Å². The predicted octanol–water partition coefficient (Wildman–Crippen LogP) is 3.72. The Balaban J connectivity index is 1.79. The molecule has 7 heteroatoms. The number of carbonyl (C=O) groups is 2. The van der Waals surface area contributed by atoms with Gasteiger partial charge in [0.25, 0.3) is 0 Å². The van der Waals surface area contributed by atoms with E-state index in [0.29, 0.717) is 27.7 Å². The third-order valence-corrected chi connectivity index (χ3v) is 5.92. The molecule has 2 N–H and O–H groups in total. The van der Waals surface area contributed by atoms with Gasteiger partial charge in [-0.05, 0) is 42.7 Å². The molecule has 0 unspecified atom stereocenters. The molecule has 0 bridgehead atoms. The van der Waals surface area contributed by atoms with Gasteiger partial charge in [-0.3, -0.25) is 9.59 Å². The van der Waals surface area contributed by atoms with E-state index in [4.69, 9.17) is 11.6 Å². The molecule has 3 aromatic rings. The second-order valence-corrected chi connectivity index (χ2v) is 7.76. The Bertz CT molecular complexity index is 1180. The molecule has 0 radical (unpaired) electrons. The van der Waals surface area contributed by atoms with Crippen molar-refractivity contribution in [1.29, 1.82) is 0 Å². The van der Waals surface area contributed by atoms with Crippen LogP contribution in [-0.4, -0.2) is 21.6 Å². The second kappa shape index (κ2) is 5.69. The fourth-order valence-electron chi connectivity index (χ4n) is 4.22. The van der Waals surface area contributed by atoms with Crippen molar-refractivity contribution >= 4 is 34.9 Å². The molecule has 2 aliphatic rings. The van der Waals surface area contributed by atoms with Gasteiger partial charge in [0.2, 0.25) is 11.8 Å². The summed E-state index contributed by atoms with van der Waals surface area (Å²) in [6.45, 7) is 3.99. The Morgan fingerprint density at radius 1 is 1.11 bits per heavy atom. The van der Waals surface area contributed by atoms with Crippen LogP contribution >= 0.6 is 11.6 Å². The van der Waals surface area contributed by atoms with Crippen LogP contribution in [0, 0.1) is 13.8 Å². The summed E-state index contributed by atoms with van der Waals surface area (Å²) in [6, 6.07) is 11.4. The average molecular weight is 393 g/mol. The quantitative estimate of drug-likeness (QED) is 0.662. The van der Waals surface area contributed by atoms with Crippen LogP contribution in [0.2, 0.25) is 5.02 Å². The van der Waals surface area contributed by atoms with Crippen LogP contribution in [0.15, 0.2) is 42.6 Å². The summed E-state index contributed by atoms with van der Waals surface area (Å²) in [5.74, 6) is 0.0303. The molecule has 6 nitrogen and oxygen atoms in total.